The summed E-state index contributed by atoms with van der Waals surface area (Å²) in [6.07, 6.45) is 1.22. The van der Waals surface area contributed by atoms with Crippen LogP contribution in [0.15, 0.2) is 16.6 Å². The zero-order valence-electron chi connectivity index (χ0n) is 9.65. The first-order chi connectivity index (χ1) is 8.37. The number of hydrogen-bond donors (Lipinski definition) is 0. The van der Waals surface area contributed by atoms with Crippen molar-refractivity contribution in [2.75, 3.05) is 25.2 Å². The summed E-state index contributed by atoms with van der Waals surface area (Å²) in [5.41, 5.74) is 0.838. The lowest BCUT2D eigenvalue weighted by Gasteiger charge is -2.21. The molecule has 0 fully saturated rings. The van der Waals surface area contributed by atoms with Gasteiger partial charge in [-0.1, -0.05) is 31.9 Å². The van der Waals surface area contributed by atoms with Gasteiger partial charge in [0.15, 0.2) is 11.5 Å². The van der Waals surface area contributed by atoms with Crippen LogP contribution >= 0.6 is 31.9 Å². The molecule has 1 aromatic carbocycles. The molecule has 1 unspecified atom stereocenters. The van der Waals surface area contributed by atoms with Crippen LogP contribution in [-0.2, 0) is 9.84 Å². The summed E-state index contributed by atoms with van der Waals surface area (Å²) in [4.78, 5) is -0.280. The van der Waals surface area contributed by atoms with E-state index in [0.717, 1.165) is 10.0 Å². The van der Waals surface area contributed by atoms with E-state index in [9.17, 15) is 8.42 Å². The first-order valence-corrected chi connectivity index (χ1v) is 9.04. The Morgan fingerprint density at radius 2 is 1.83 bits per heavy atom. The lowest BCUT2D eigenvalue weighted by atomic mass is 10.1. The summed E-state index contributed by atoms with van der Waals surface area (Å²) in [5.74, 6) is 1.36. The van der Waals surface area contributed by atoms with Crippen molar-refractivity contribution in [1.82, 2.24) is 0 Å². The van der Waals surface area contributed by atoms with Crippen LogP contribution in [-0.4, -0.2) is 33.6 Å². The molecule has 1 atom stereocenters. The van der Waals surface area contributed by atoms with Crippen LogP contribution in [0.4, 0.5) is 0 Å². The summed E-state index contributed by atoms with van der Waals surface area (Å²) < 4.78 is 34.4. The third-order valence-electron chi connectivity index (χ3n) is 2.45. The van der Waals surface area contributed by atoms with E-state index < -0.39 is 9.84 Å². The molecule has 0 spiro atoms. The number of halogens is 2. The highest BCUT2D eigenvalue weighted by Gasteiger charge is 2.21. The van der Waals surface area contributed by atoms with Crippen LogP contribution in [0.1, 0.15) is 10.4 Å². The van der Waals surface area contributed by atoms with Gasteiger partial charge in [0, 0.05) is 10.7 Å². The van der Waals surface area contributed by atoms with E-state index in [0.29, 0.717) is 24.7 Å². The molecule has 18 heavy (non-hydrogen) atoms. The zero-order valence-corrected chi connectivity index (χ0v) is 13.6. The predicted molar refractivity (Wildman–Crippen MR) is 76.5 cm³/mol. The fourth-order valence-corrected chi connectivity index (χ4v) is 5.11. The monoisotopic (exact) mass is 398 g/mol. The fourth-order valence-electron chi connectivity index (χ4n) is 1.68. The Morgan fingerprint density at radius 3 is 2.39 bits per heavy atom. The van der Waals surface area contributed by atoms with Crippen molar-refractivity contribution >= 4 is 41.7 Å². The van der Waals surface area contributed by atoms with Crippen molar-refractivity contribution in [3.05, 3.63) is 22.2 Å². The Morgan fingerprint density at radius 1 is 1.28 bits per heavy atom. The minimum absolute atomic E-state index is 0.0330. The second-order valence-corrected chi connectivity index (χ2v) is 8.22. The number of rotatable bonds is 3. The number of sulfone groups is 1. The van der Waals surface area contributed by atoms with Crippen molar-refractivity contribution in [3.8, 4) is 11.5 Å². The smallest absolute Gasteiger partial charge is 0.162 e. The molecule has 0 amide bonds. The topological polar surface area (TPSA) is 52.6 Å². The normalized spacial score (nSPS) is 16.4. The van der Waals surface area contributed by atoms with Gasteiger partial charge in [-0.05, 0) is 17.7 Å². The zero-order chi connectivity index (χ0) is 13.3. The van der Waals surface area contributed by atoms with Gasteiger partial charge < -0.3 is 9.47 Å². The summed E-state index contributed by atoms with van der Waals surface area (Å²) in [7, 11) is -3.05. The number of fused-ring (bicyclic) bond motifs is 1. The van der Waals surface area contributed by atoms with Crippen LogP contribution in [0, 0.1) is 0 Å². The molecule has 4 nitrogen and oxygen atoms in total. The molecular formula is C11H12Br2O4S. The number of benzene rings is 1. The van der Waals surface area contributed by atoms with Gasteiger partial charge in [0.1, 0.15) is 23.1 Å². The van der Waals surface area contributed by atoms with E-state index in [1.165, 1.54) is 6.26 Å². The molecule has 1 heterocycles. The summed E-state index contributed by atoms with van der Waals surface area (Å²) in [6, 6.07) is 3.61. The first kappa shape index (κ1) is 14.1. The van der Waals surface area contributed by atoms with Crippen molar-refractivity contribution in [3.63, 3.8) is 0 Å². The average molecular weight is 400 g/mol. The lowest BCUT2D eigenvalue weighted by Crippen LogP contribution is -2.16. The molecule has 0 saturated heterocycles. The highest BCUT2D eigenvalue weighted by atomic mass is 79.9. The maximum Gasteiger partial charge on any atom is 0.162 e. The van der Waals surface area contributed by atoms with Crippen LogP contribution in [0.5, 0.6) is 11.5 Å². The van der Waals surface area contributed by atoms with Gasteiger partial charge >= 0.3 is 0 Å². The van der Waals surface area contributed by atoms with Gasteiger partial charge in [-0.15, -0.1) is 0 Å². The number of ether oxygens (including phenoxy) is 2. The van der Waals surface area contributed by atoms with E-state index in [1.54, 1.807) is 6.07 Å². The van der Waals surface area contributed by atoms with Gasteiger partial charge in [-0.3, -0.25) is 0 Å². The Kier molecular flexibility index (Phi) is 4.23. The molecule has 0 bridgehead atoms. The average Bonchev–Trinajstić information content (AvgIpc) is 2.25. The SMILES string of the molecule is CS(=O)(=O)CC(Br)c1cc2c(cc1Br)OCCO2. The molecule has 0 N–H and O–H groups in total. The standard InChI is InChI=1S/C11H12Br2O4S/c1-18(14,15)6-9(13)7-4-10-11(5-8(7)12)17-3-2-16-10/h4-5,9H,2-3,6H2,1H3. The molecule has 100 valence electrons. The summed E-state index contributed by atoms with van der Waals surface area (Å²) >= 11 is 6.82. The van der Waals surface area contributed by atoms with Gasteiger partial charge in [0.2, 0.25) is 0 Å². The molecule has 0 saturated carbocycles. The second kappa shape index (κ2) is 5.38. The van der Waals surface area contributed by atoms with E-state index >= 15 is 0 Å². The minimum atomic E-state index is -3.05. The van der Waals surface area contributed by atoms with Gasteiger partial charge in [-0.25, -0.2) is 8.42 Å². The van der Waals surface area contributed by atoms with Crippen molar-refractivity contribution in [1.29, 1.82) is 0 Å². The minimum Gasteiger partial charge on any atom is -0.486 e. The molecule has 0 radical (unpaired) electrons. The highest BCUT2D eigenvalue weighted by Crippen LogP contribution is 2.40. The maximum atomic E-state index is 11.3. The van der Waals surface area contributed by atoms with E-state index in [2.05, 4.69) is 31.9 Å². The summed E-state index contributed by atoms with van der Waals surface area (Å²) in [6.45, 7) is 1.03. The molecule has 1 aromatic rings. The molecule has 0 aliphatic carbocycles. The molecule has 2 rings (SSSR count). The van der Waals surface area contributed by atoms with Crippen molar-refractivity contribution < 1.29 is 17.9 Å². The Hall–Kier alpha value is -0.270. The number of hydrogen-bond acceptors (Lipinski definition) is 4. The Labute approximate surface area is 123 Å². The van der Waals surface area contributed by atoms with Crippen molar-refractivity contribution in [2.24, 2.45) is 0 Å². The highest BCUT2D eigenvalue weighted by molar-refractivity contribution is 9.11. The van der Waals surface area contributed by atoms with E-state index in [1.807, 2.05) is 6.07 Å². The van der Waals surface area contributed by atoms with E-state index in [4.69, 9.17) is 9.47 Å². The van der Waals surface area contributed by atoms with Crippen LogP contribution in [0.25, 0.3) is 0 Å². The lowest BCUT2D eigenvalue weighted by molar-refractivity contribution is 0.171. The second-order valence-electron chi connectivity index (χ2n) is 4.08. The molecule has 7 heteroatoms. The van der Waals surface area contributed by atoms with Gasteiger partial charge in [-0.2, -0.15) is 0 Å². The van der Waals surface area contributed by atoms with E-state index in [-0.39, 0.29) is 10.6 Å². The molecule has 1 aliphatic rings. The maximum absolute atomic E-state index is 11.3. The van der Waals surface area contributed by atoms with Gasteiger partial charge in [0.25, 0.3) is 0 Å². The Bertz CT molecular complexity index is 556. The molecule has 0 aromatic heterocycles. The third kappa shape index (κ3) is 3.39. The van der Waals surface area contributed by atoms with Crippen molar-refractivity contribution in [2.45, 2.75) is 4.83 Å². The largest absolute Gasteiger partial charge is 0.486 e. The third-order valence-corrected chi connectivity index (χ3v) is 5.32. The predicted octanol–water partition coefficient (Wildman–Crippen LogP) is 2.70. The molecule has 1 aliphatic heterocycles. The van der Waals surface area contributed by atoms with Gasteiger partial charge in [0.05, 0.1) is 10.6 Å². The Balaban J connectivity index is 2.33. The first-order valence-electron chi connectivity index (χ1n) is 5.27. The van der Waals surface area contributed by atoms with Crippen LogP contribution in [0.3, 0.4) is 0 Å². The molecular weight excluding hydrogens is 388 g/mol. The quantitative estimate of drug-likeness (QED) is 0.733. The number of alkyl halides is 1. The van der Waals surface area contributed by atoms with Crippen LogP contribution < -0.4 is 9.47 Å². The summed E-state index contributed by atoms with van der Waals surface area (Å²) in [5, 5.41) is 0. The fraction of sp³-hybridized carbons (Fsp3) is 0.455. The van der Waals surface area contributed by atoms with Crippen LogP contribution in [0.2, 0.25) is 0 Å².